The Morgan fingerprint density at radius 3 is 2.65 bits per heavy atom. The lowest BCUT2D eigenvalue weighted by molar-refractivity contribution is -0.116. The Morgan fingerprint density at radius 1 is 1.19 bits per heavy atom. The van der Waals surface area contributed by atoms with Gasteiger partial charge in [0.05, 0.1) is 21.6 Å². The highest BCUT2D eigenvalue weighted by atomic mass is 32.1. The maximum Gasteiger partial charge on any atom is 0.329 e. The third-order valence-electron chi connectivity index (χ3n) is 4.18. The number of imidazole rings is 1. The molecule has 0 bridgehead atoms. The summed E-state index contributed by atoms with van der Waals surface area (Å²) < 4.78 is 3.15. The van der Waals surface area contributed by atoms with Crippen LogP contribution in [0.2, 0.25) is 0 Å². The second-order valence-corrected chi connectivity index (χ2v) is 6.74. The third-order valence-corrected chi connectivity index (χ3v) is 5.08. The Kier molecular flexibility index (Phi) is 4.18. The molecule has 0 aliphatic rings. The number of hydrogen-bond donors (Lipinski definition) is 2. The van der Waals surface area contributed by atoms with Crippen molar-refractivity contribution >= 4 is 34.1 Å². The molecular formula is C18H17N5O2S. The van der Waals surface area contributed by atoms with Crippen LogP contribution in [0.25, 0.3) is 21.6 Å². The van der Waals surface area contributed by atoms with Gasteiger partial charge in [0.15, 0.2) is 5.82 Å². The van der Waals surface area contributed by atoms with E-state index in [0.717, 1.165) is 21.6 Å². The van der Waals surface area contributed by atoms with Gasteiger partial charge in [0.2, 0.25) is 5.91 Å². The summed E-state index contributed by atoms with van der Waals surface area (Å²) in [5, 5.41) is 11.7. The maximum absolute atomic E-state index is 12.6. The van der Waals surface area contributed by atoms with Crippen LogP contribution in [-0.4, -0.2) is 25.2 Å². The minimum absolute atomic E-state index is 0.0620. The van der Waals surface area contributed by atoms with E-state index < -0.39 is 0 Å². The van der Waals surface area contributed by atoms with Gasteiger partial charge in [-0.2, -0.15) is 5.10 Å². The average molecular weight is 367 g/mol. The zero-order valence-corrected chi connectivity index (χ0v) is 14.9. The van der Waals surface area contributed by atoms with E-state index >= 15 is 0 Å². The zero-order chi connectivity index (χ0) is 18.1. The van der Waals surface area contributed by atoms with Crippen LogP contribution in [0, 0.1) is 0 Å². The highest BCUT2D eigenvalue weighted by Gasteiger charge is 2.15. The second kappa shape index (κ2) is 6.64. The molecule has 0 radical (unpaired) electrons. The van der Waals surface area contributed by atoms with Crippen molar-refractivity contribution in [3.8, 4) is 10.6 Å². The van der Waals surface area contributed by atoms with Crippen LogP contribution in [-0.2, 0) is 17.9 Å². The molecule has 0 aliphatic carbocycles. The molecule has 0 unspecified atom stereocenters. The lowest BCUT2D eigenvalue weighted by atomic mass is 10.3. The lowest BCUT2D eigenvalue weighted by Gasteiger charge is -2.03. The summed E-state index contributed by atoms with van der Waals surface area (Å²) in [5.41, 5.74) is 2.23. The first-order valence-electron chi connectivity index (χ1n) is 8.24. The van der Waals surface area contributed by atoms with Crippen molar-refractivity contribution in [2.75, 3.05) is 5.32 Å². The van der Waals surface area contributed by atoms with E-state index in [-0.39, 0.29) is 18.1 Å². The predicted molar refractivity (Wildman–Crippen MR) is 102 cm³/mol. The Bertz CT molecular complexity index is 1120. The number of benzene rings is 1. The lowest BCUT2D eigenvalue weighted by Crippen LogP contribution is -2.29. The molecule has 0 fully saturated rings. The number of nitrogens with one attached hydrogen (secondary N) is 2. The number of para-hydroxylation sites is 2. The zero-order valence-electron chi connectivity index (χ0n) is 14.1. The topological polar surface area (TPSA) is 84.7 Å². The SMILES string of the molecule is CCn1c(=O)n(CC(=O)Nc2cc(-c3cccs3)[nH]n2)c2ccccc21. The number of aryl methyl sites for hydroxylation is 1. The smallest absolute Gasteiger partial charge is 0.308 e. The van der Waals surface area contributed by atoms with E-state index in [1.807, 2.05) is 48.7 Å². The fourth-order valence-corrected chi connectivity index (χ4v) is 3.69. The minimum Gasteiger partial charge on any atom is -0.308 e. The van der Waals surface area contributed by atoms with Crippen molar-refractivity contribution in [2.24, 2.45) is 0 Å². The van der Waals surface area contributed by atoms with Gasteiger partial charge in [-0.15, -0.1) is 11.3 Å². The van der Waals surface area contributed by atoms with Crippen molar-refractivity contribution in [1.29, 1.82) is 0 Å². The Balaban J connectivity index is 1.57. The number of aromatic nitrogens is 4. The first-order chi connectivity index (χ1) is 12.7. The largest absolute Gasteiger partial charge is 0.329 e. The first kappa shape index (κ1) is 16.3. The molecule has 1 amide bonds. The van der Waals surface area contributed by atoms with Gasteiger partial charge in [-0.3, -0.25) is 19.0 Å². The fourth-order valence-electron chi connectivity index (χ4n) is 3.00. The van der Waals surface area contributed by atoms with Crippen LogP contribution < -0.4 is 11.0 Å². The first-order valence-corrected chi connectivity index (χ1v) is 9.12. The number of carbonyl (C=O) groups is 1. The van der Waals surface area contributed by atoms with Crippen LogP contribution in [0.4, 0.5) is 5.82 Å². The van der Waals surface area contributed by atoms with Crippen LogP contribution >= 0.6 is 11.3 Å². The summed E-state index contributed by atoms with van der Waals surface area (Å²) >= 11 is 1.59. The van der Waals surface area contributed by atoms with Crippen LogP contribution in [0.15, 0.2) is 52.6 Å². The number of H-pyrrole nitrogens is 1. The summed E-state index contributed by atoms with van der Waals surface area (Å²) in [4.78, 5) is 26.1. The van der Waals surface area contributed by atoms with Crippen LogP contribution in [0.3, 0.4) is 0 Å². The number of fused-ring (bicyclic) bond motifs is 1. The second-order valence-electron chi connectivity index (χ2n) is 5.79. The summed E-state index contributed by atoms with van der Waals surface area (Å²) in [6, 6.07) is 13.2. The van der Waals surface area contributed by atoms with Crippen molar-refractivity contribution < 1.29 is 4.79 Å². The molecule has 0 atom stereocenters. The van der Waals surface area contributed by atoms with Gasteiger partial charge >= 0.3 is 5.69 Å². The highest BCUT2D eigenvalue weighted by Crippen LogP contribution is 2.24. The number of thiophene rings is 1. The molecule has 4 rings (SSSR count). The summed E-state index contributed by atoms with van der Waals surface area (Å²) in [7, 11) is 0. The van der Waals surface area contributed by atoms with Gasteiger partial charge in [0.1, 0.15) is 6.54 Å². The minimum atomic E-state index is -0.296. The van der Waals surface area contributed by atoms with E-state index in [0.29, 0.717) is 12.4 Å². The molecule has 3 aromatic heterocycles. The van der Waals surface area contributed by atoms with Crippen LogP contribution in [0.1, 0.15) is 6.92 Å². The number of hydrogen-bond acceptors (Lipinski definition) is 4. The van der Waals surface area contributed by atoms with Gasteiger partial charge in [-0.05, 0) is 30.5 Å². The predicted octanol–water partition coefficient (Wildman–Crippen LogP) is 2.91. The number of carbonyl (C=O) groups excluding carboxylic acids is 1. The van der Waals surface area contributed by atoms with Crippen molar-refractivity contribution in [3.05, 3.63) is 58.3 Å². The number of amides is 1. The monoisotopic (exact) mass is 367 g/mol. The number of aromatic amines is 1. The number of rotatable bonds is 5. The number of nitrogens with zero attached hydrogens (tertiary/aromatic N) is 3. The van der Waals surface area contributed by atoms with Gasteiger partial charge < -0.3 is 5.32 Å². The van der Waals surface area contributed by atoms with E-state index in [1.165, 1.54) is 4.57 Å². The summed E-state index contributed by atoms with van der Waals surface area (Å²) in [6.45, 7) is 2.40. The van der Waals surface area contributed by atoms with Crippen molar-refractivity contribution in [2.45, 2.75) is 20.0 Å². The molecule has 0 aliphatic heterocycles. The molecule has 8 heteroatoms. The Labute approximate surface area is 152 Å². The normalized spacial score (nSPS) is 11.1. The standard InChI is InChI=1S/C18H17N5O2S/c1-2-22-13-6-3-4-7-14(13)23(18(22)25)11-17(24)19-16-10-12(20-21-16)15-8-5-9-26-15/h3-10H,2,11H2,1H3,(H2,19,20,21,24). The number of anilines is 1. The van der Waals surface area contributed by atoms with E-state index in [1.54, 1.807) is 22.0 Å². The van der Waals surface area contributed by atoms with Gasteiger partial charge in [0.25, 0.3) is 0 Å². The highest BCUT2D eigenvalue weighted by molar-refractivity contribution is 7.13. The molecule has 4 aromatic rings. The quantitative estimate of drug-likeness (QED) is 0.569. The molecule has 132 valence electrons. The van der Waals surface area contributed by atoms with Gasteiger partial charge in [-0.1, -0.05) is 18.2 Å². The Hall–Kier alpha value is -3.13. The molecule has 0 saturated heterocycles. The molecular weight excluding hydrogens is 350 g/mol. The van der Waals surface area contributed by atoms with E-state index in [4.69, 9.17) is 0 Å². The maximum atomic E-state index is 12.6. The van der Waals surface area contributed by atoms with E-state index in [9.17, 15) is 9.59 Å². The molecule has 1 aromatic carbocycles. The van der Waals surface area contributed by atoms with Crippen molar-refractivity contribution in [1.82, 2.24) is 19.3 Å². The Morgan fingerprint density at radius 2 is 1.96 bits per heavy atom. The summed E-state index contributed by atoms with van der Waals surface area (Å²) in [6.07, 6.45) is 0. The van der Waals surface area contributed by atoms with Gasteiger partial charge in [-0.25, -0.2) is 4.79 Å². The average Bonchev–Trinajstić information content (AvgIpc) is 3.36. The molecule has 0 saturated carbocycles. The molecule has 0 spiro atoms. The third kappa shape index (κ3) is 2.84. The molecule has 3 heterocycles. The van der Waals surface area contributed by atoms with Crippen LogP contribution in [0.5, 0.6) is 0 Å². The summed E-state index contributed by atoms with van der Waals surface area (Å²) in [5.74, 6) is 0.140. The molecule has 7 nitrogen and oxygen atoms in total. The molecule has 26 heavy (non-hydrogen) atoms. The van der Waals surface area contributed by atoms with E-state index in [2.05, 4.69) is 15.5 Å². The fraction of sp³-hybridized carbons (Fsp3) is 0.167. The molecule has 2 N–H and O–H groups in total. The van der Waals surface area contributed by atoms with Crippen molar-refractivity contribution in [3.63, 3.8) is 0 Å². The van der Waals surface area contributed by atoms with Gasteiger partial charge in [0, 0.05) is 12.6 Å².